The van der Waals surface area contributed by atoms with Gasteiger partial charge in [-0.15, -0.1) is 0 Å². The zero-order valence-corrected chi connectivity index (χ0v) is 25.1. The van der Waals surface area contributed by atoms with Crippen molar-refractivity contribution in [2.24, 2.45) is 23.7 Å². The van der Waals surface area contributed by atoms with E-state index in [0.29, 0.717) is 6.42 Å². The van der Waals surface area contributed by atoms with Crippen LogP contribution in [0.2, 0.25) is 0 Å². The van der Waals surface area contributed by atoms with E-state index in [0.717, 1.165) is 7.11 Å². The number of halogens is 2. The highest BCUT2D eigenvalue weighted by Crippen LogP contribution is 2.59. The fourth-order valence-electron chi connectivity index (χ4n) is 6.08. The van der Waals surface area contributed by atoms with Gasteiger partial charge in [0.2, 0.25) is 0 Å². The zero-order valence-electron chi connectivity index (χ0n) is 23.5. The number of ether oxygens (including phenoxy) is 3. The number of carbonyl (C=O) groups excluding carboxylic acids is 3. The molecule has 0 N–H and O–H groups in total. The summed E-state index contributed by atoms with van der Waals surface area (Å²) < 4.78 is 44.9. The van der Waals surface area contributed by atoms with E-state index in [1.165, 1.54) is 20.2 Å². The molecule has 0 radical (unpaired) electrons. The maximum Gasteiger partial charge on any atom is 0.415 e. The van der Waals surface area contributed by atoms with Gasteiger partial charge in [-0.3, -0.25) is 14.6 Å². The van der Waals surface area contributed by atoms with Crippen LogP contribution in [-0.2, 0) is 48.9 Å². The molecule has 3 aliphatic rings. The van der Waals surface area contributed by atoms with Crippen molar-refractivity contribution in [3.8, 4) is 0 Å². The maximum atomic E-state index is 13.5. The molecule has 1 aliphatic heterocycles. The Bertz CT molecular complexity index is 1420. The number of esters is 3. The lowest BCUT2D eigenvalue weighted by Gasteiger charge is -2.30. The summed E-state index contributed by atoms with van der Waals surface area (Å²) >= 11 is -0.820. The Morgan fingerprint density at radius 1 is 0.932 bits per heavy atom. The minimum absolute atomic E-state index is 0.0229. The molecule has 0 amide bonds. The predicted molar refractivity (Wildman–Crippen MR) is 151 cm³/mol. The second-order valence-corrected chi connectivity index (χ2v) is 13.2. The minimum atomic E-state index is -4.21. The van der Waals surface area contributed by atoms with E-state index in [2.05, 4.69) is 106 Å². The molecule has 6 unspecified atom stereocenters. The first-order chi connectivity index (χ1) is 21.2. The van der Waals surface area contributed by atoms with Crippen LogP contribution in [0.3, 0.4) is 0 Å². The van der Waals surface area contributed by atoms with E-state index in [-0.39, 0.29) is 10.9 Å². The third-order valence-corrected chi connectivity index (χ3v) is 10.6. The Balaban J connectivity index is 0.000000177. The largest absolute Gasteiger partial charge is 0.691 e. The summed E-state index contributed by atoms with van der Waals surface area (Å²) in [4.78, 5) is 39.5. The fraction of sp³-hybridized carbons (Fsp3) is 0.323. The number of hydrogen-bond donors (Lipinski definition) is 0. The fourth-order valence-corrected chi connectivity index (χ4v) is 8.40. The monoisotopic (exact) mass is 646 g/mol. The Kier molecular flexibility index (Phi) is 9.90. The molecule has 232 valence electrons. The second kappa shape index (κ2) is 13.7. The van der Waals surface area contributed by atoms with Gasteiger partial charge in [0.15, 0.2) is 14.7 Å². The molecule has 3 aromatic carbocycles. The molecule has 6 rings (SSSR count). The Labute approximate surface area is 259 Å². The average Bonchev–Trinajstić information content (AvgIpc) is 3.66. The molecular weight excluding hydrogens is 618 g/mol. The van der Waals surface area contributed by atoms with Crippen molar-refractivity contribution in [2.75, 3.05) is 7.11 Å². The summed E-state index contributed by atoms with van der Waals surface area (Å²) in [6.07, 6.45) is -1.76. The first-order valence-corrected chi connectivity index (χ1v) is 15.6. The molecule has 0 spiro atoms. The molecular formula is C31H28F2O9S2. The van der Waals surface area contributed by atoms with Crippen LogP contribution in [0.4, 0.5) is 8.78 Å². The number of hydrogen-bond acceptors (Lipinski definition) is 10. The van der Waals surface area contributed by atoms with E-state index in [9.17, 15) is 28.4 Å². The molecule has 2 bridgehead atoms. The highest BCUT2D eigenvalue weighted by Gasteiger charge is 2.70. The molecule has 0 aromatic heterocycles. The lowest BCUT2D eigenvalue weighted by molar-refractivity contribution is -0.777. The lowest BCUT2D eigenvalue weighted by Crippen LogP contribution is -2.45. The Hall–Kier alpha value is -3.49. The van der Waals surface area contributed by atoms with Crippen molar-refractivity contribution in [1.82, 2.24) is 0 Å². The first kappa shape index (κ1) is 31.9. The van der Waals surface area contributed by atoms with Crippen LogP contribution in [0.5, 0.6) is 0 Å². The Morgan fingerprint density at radius 3 is 2.05 bits per heavy atom. The van der Waals surface area contributed by atoms with E-state index in [4.69, 9.17) is 9.47 Å². The molecule has 3 aromatic rings. The van der Waals surface area contributed by atoms with Crippen molar-refractivity contribution in [1.29, 1.82) is 0 Å². The van der Waals surface area contributed by atoms with Gasteiger partial charge < -0.3 is 19.5 Å². The van der Waals surface area contributed by atoms with Gasteiger partial charge in [-0.1, -0.05) is 54.1 Å². The normalized spacial score (nSPS) is 24.8. The van der Waals surface area contributed by atoms with E-state index in [1.807, 2.05) is 0 Å². The molecule has 2 saturated carbocycles. The Morgan fingerprint density at radius 2 is 1.50 bits per heavy atom. The van der Waals surface area contributed by atoms with Crippen LogP contribution in [0, 0.1) is 30.6 Å². The summed E-state index contributed by atoms with van der Waals surface area (Å²) in [5, 5.41) is 8.16. The third kappa shape index (κ3) is 6.47. The molecule has 44 heavy (non-hydrogen) atoms. The van der Waals surface area contributed by atoms with Gasteiger partial charge in [0.1, 0.15) is 24.3 Å². The predicted octanol–water partition coefficient (Wildman–Crippen LogP) is 4.43. The van der Waals surface area contributed by atoms with Crippen LogP contribution in [0.25, 0.3) is 0 Å². The van der Waals surface area contributed by atoms with Gasteiger partial charge in [0.25, 0.3) is 0 Å². The van der Waals surface area contributed by atoms with E-state index < -0.39 is 71.1 Å². The van der Waals surface area contributed by atoms with Crippen LogP contribution in [-0.4, -0.2) is 42.5 Å². The summed E-state index contributed by atoms with van der Waals surface area (Å²) in [6, 6.07) is 30.4. The van der Waals surface area contributed by atoms with Crippen LogP contribution < -0.4 is 5.26 Å². The number of methoxy groups -OCH3 is 1. The summed E-state index contributed by atoms with van der Waals surface area (Å²) in [5.74, 6) is -6.00. The zero-order chi connectivity index (χ0) is 31.4. The van der Waals surface area contributed by atoms with E-state index >= 15 is 0 Å². The molecule has 13 heteroatoms. The SMILES string of the molecule is COC(=O)C1C2CC3C(OC(=O)C31)C2OC(=O)C(F)(F)SOO[O-].Cc1ccc([S+](c2ccccc2)c2ccccc2)cc1. The number of aryl methyl sites for hydroxylation is 1. The number of alkyl halides is 2. The van der Waals surface area contributed by atoms with Gasteiger partial charge in [0.05, 0.1) is 29.8 Å². The van der Waals surface area contributed by atoms with Crippen LogP contribution in [0.15, 0.2) is 99.6 Å². The topological polar surface area (TPSA) is 120 Å². The molecule has 9 nitrogen and oxygen atoms in total. The van der Waals surface area contributed by atoms with Gasteiger partial charge in [0, 0.05) is 11.8 Å². The maximum absolute atomic E-state index is 13.5. The smallest absolute Gasteiger partial charge is 0.415 e. The first-order valence-electron chi connectivity index (χ1n) is 13.6. The van der Waals surface area contributed by atoms with Gasteiger partial charge >= 0.3 is 23.2 Å². The van der Waals surface area contributed by atoms with Gasteiger partial charge in [-0.2, -0.15) is 13.1 Å². The van der Waals surface area contributed by atoms with Gasteiger partial charge in [-0.25, -0.2) is 4.79 Å². The highest BCUT2D eigenvalue weighted by molar-refractivity contribution is 7.97. The summed E-state index contributed by atoms with van der Waals surface area (Å²) in [7, 11) is 1.11. The standard InChI is InChI=1S/C19H17S.C12H12F2O9S/c1-16-12-14-19(15-13-16)20(17-8-4-2-5-9-17)18-10-6-3-7-11-18;1-19-9(15)5-3-2-4-6(5)10(16)20-7(4)8(3)21-11(17)12(13,14)24-23-22-18/h2-15H,1H3;3-8,18H,2H2,1H3/q+1;/p-1. The lowest BCUT2D eigenvalue weighted by atomic mass is 9.78. The highest BCUT2D eigenvalue weighted by atomic mass is 32.2. The minimum Gasteiger partial charge on any atom is -0.691 e. The van der Waals surface area contributed by atoms with Crippen molar-refractivity contribution < 1.29 is 52.0 Å². The van der Waals surface area contributed by atoms with Crippen LogP contribution >= 0.6 is 12.0 Å². The second-order valence-electron chi connectivity index (χ2n) is 10.4. The van der Waals surface area contributed by atoms with Crippen molar-refractivity contribution in [3.63, 3.8) is 0 Å². The third-order valence-electron chi connectivity index (χ3n) is 7.88. The van der Waals surface area contributed by atoms with Crippen molar-refractivity contribution in [3.05, 3.63) is 90.5 Å². The van der Waals surface area contributed by atoms with E-state index in [1.54, 1.807) is 0 Å². The van der Waals surface area contributed by atoms with Crippen LogP contribution in [0.1, 0.15) is 12.0 Å². The molecule has 6 atom stereocenters. The average molecular weight is 647 g/mol. The van der Waals surface area contributed by atoms with Crippen molar-refractivity contribution >= 4 is 40.8 Å². The molecule has 2 aliphatic carbocycles. The quantitative estimate of drug-likeness (QED) is 0.0825. The number of benzene rings is 3. The van der Waals surface area contributed by atoms with Crippen molar-refractivity contribution in [2.45, 2.75) is 45.5 Å². The summed E-state index contributed by atoms with van der Waals surface area (Å²) in [5.41, 5.74) is 1.30. The number of carbonyl (C=O) groups is 3. The van der Waals surface area contributed by atoms with Gasteiger partial charge in [-0.05, 0) is 49.7 Å². The number of rotatable bonds is 9. The molecule has 3 fully saturated rings. The number of fused-ring (bicyclic) bond motifs is 1. The molecule has 1 heterocycles. The molecule has 1 saturated heterocycles. The summed E-state index contributed by atoms with van der Waals surface area (Å²) in [6.45, 7) is 2.13.